The maximum atomic E-state index is 5.79. The summed E-state index contributed by atoms with van der Waals surface area (Å²) < 4.78 is 5.79. The molecule has 1 aliphatic rings. The number of nitrogens with zero attached hydrogens (tertiary/aromatic N) is 2. The molecule has 0 aliphatic heterocycles. The van der Waals surface area contributed by atoms with Crippen molar-refractivity contribution in [3.63, 3.8) is 0 Å². The van der Waals surface area contributed by atoms with Gasteiger partial charge in [-0.3, -0.25) is 0 Å². The zero-order valence-electron chi connectivity index (χ0n) is 8.82. The lowest BCUT2D eigenvalue weighted by Gasteiger charge is -2.28. The SMILES string of the molecule is CC1CCCCC1Oc1ccc(Cl)nn1. The summed E-state index contributed by atoms with van der Waals surface area (Å²) in [5.74, 6) is 1.19. The summed E-state index contributed by atoms with van der Waals surface area (Å²) in [7, 11) is 0. The Kier molecular flexibility index (Phi) is 3.41. The van der Waals surface area contributed by atoms with Crippen molar-refractivity contribution in [3.05, 3.63) is 17.3 Å². The Morgan fingerprint density at radius 3 is 2.73 bits per heavy atom. The maximum Gasteiger partial charge on any atom is 0.233 e. The van der Waals surface area contributed by atoms with Crippen molar-refractivity contribution in [2.24, 2.45) is 5.92 Å². The summed E-state index contributed by atoms with van der Waals surface area (Å²) in [6, 6.07) is 3.48. The highest BCUT2D eigenvalue weighted by Gasteiger charge is 2.23. The molecule has 2 rings (SSSR count). The first-order chi connectivity index (χ1) is 7.25. The summed E-state index contributed by atoms with van der Waals surface area (Å²) in [6.07, 6.45) is 5.20. The molecule has 1 aromatic heterocycles. The van der Waals surface area contributed by atoms with Crippen LogP contribution in [0.25, 0.3) is 0 Å². The van der Waals surface area contributed by atoms with Gasteiger partial charge in [0.25, 0.3) is 0 Å². The Morgan fingerprint density at radius 2 is 2.07 bits per heavy atom. The molecule has 4 heteroatoms. The third kappa shape index (κ3) is 2.81. The molecular formula is C11H15ClN2O. The Labute approximate surface area is 94.8 Å². The van der Waals surface area contributed by atoms with E-state index in [0.717, 1.165) is 6.42 Å². The van der Waals surface area contributed by atoms with Gasteiger partial charge in [0, 0.05) is 6.07 Å². The average Bonchev–Trinajstić information content (AvgIpc) is 2.25. The van der Waals surface area contributed by atoms with Crippen LogP contribution < -0.4 is 4.74 Å². The quantitative estimate of drug-likeness (QED) is 0.778. The smallest absolute Gasteiger partial charge is 0.233 e. The molecule has 2 atom stereocenters. The van der Waals surface area contributed by atoms with E-state index in [2.05, 4.69) is 17.1 Å². The second-order valence-electron chi connectivity index (χ2n) is 4.11. The van der Waals surface area contributed by atoms with E-state index in [1.54, 1.807) is 12.1 Å². The first-order valence-electron chi connectivity index (χ1n) is 5.41. The molecule has 3 nitrogen and oxygen atoms in total. The van der Waals surface area contributed by atoms with Crippen molar-refractivity contribution in [2.45, 2.75) is 38.7 Å². The fourth-order valence-corrected chi connectivity index (χ4v) is 2.08. The van der Waals surface area contributed by atoms with E-state index in [1.807, 2.05) is 0 Å². The molecule has 0 aromatic carbocycles. The molecule has 0 bridgehead atoms. The van der Waals surface area contributed by atoms with Gasteiger partial charge >= 0.3 is 0 Å². The molecule has 82 valence electrons. The summed E-state index contributed by atoms with van der Waals surface area (Å²) in [5, 5.41) is 8.06. The second kappa shape index (κ2) is 4.79. The fraction of sp³-hybridized carbons (Fsp3) is 0.636. The van der Waals surface area contributed by atoms with Gasteiger partial charge in [-0.1, -0.05) is 24.9 Å². The van der Waals surface area contributed by atoms with Gasteiger partial charge in [0.05, 0.1) is 0 Å². The lowest BCUT2D eigenvalue weighted by molar-refractivity contribution is 0.0965. The lowest BCUT2D eigenvalue weighted by atomic mass is 9.88. The highest BCUT2D eigenvalue weighted by Crippen LogP contribution is 2.27. The first kappa shape index (κ1) is 10.7. The molecule has 0 amide bonds. The number of rotatable bonds is 2. The molecule has 1 aliphatic carbocycles. The van der Waals surface area contributed by atoms with E-state index in [-0.39, 0.29) is 6.10 Å². The number of hydrogen-bond acceptors (Lipinski definition) is 3. The van der Waals surface area contributed by atoms with E-state index >= 15 is 0 Å². The summed E-state index contributed by atoms with van der Waals surface area (Å²) >= 11 is 5.65. The number of hydrogen-bond donors (Lipinski definition) is 0. The van der Waals surface area contributed by atoms with Crippen molar-refractivity contribution >= 4 is 11.6 Å². The molecule has 15 heavy (non-hydrogen) atoms. The molecule has 0 spiro atoms. The molecule has 0 radical (unpaired) electrons. The number of ether oxygens (including phenoxy) is 1. The van der Waals surface area contributed by atoms with Gasteiger partial charge in [0.2, 0.25) is 5.88 Å². The van der Waals surface area contributed by atoms with Crippen molar-refractivity contribution in [2.75, 3.05) is 0 Å². The van der Waals surface area contributed by atoms with E-state index in [0.29, 0.717) is 17.0 Å². The van der Waals surface area contributed by atoms with Crippen LogP contribution in [0.4, 0.5) is 0 Å². The minimum Gasteiger partial charge on any atom is -0.473 e. The molecule has 0 saturated heterocycles. The first-order valence-corrected chi connectivity index (χ1v) is 5.79. The largest absolute Gasteiger partial charge is 0.473 e. The van der Waals surface area contributed by atoms with Crippen molar-refractivity contribution in [1.82, 2.24) is 10.2 Å². The van der Waals surface area contributed by atoms with Gasteiger partial charge in [-0.05, 0) is 31.2 Å². The normalized spacial score (nSPS) is 26.3. The number of aromatic nitrogens is 2. The van der Waals surface area contributed by atoms with Crippen LogP contribution in [-0.4, -0.2) is 16.3 Å². The minimum absolute atomic E-state index is 0.286. The van der Waals surface area contributed by atoms with Crippen LogP contribution in [0, 0.1) is 5.92 Å². The van der Waals surface area contributed by atoms with Crippen LogP contribution >= 0.6 is 11.6 Å². The van der Waals surface area contributed by atoms with Crippen molar-refractivity contribution in [1.29, 1.82) is 0 Å². The van der Waals surface area contributed by atoms with Crippen LogP contribution in [0.15, 0.2) is 12.1 Å². The predicted octanol–water partition coefficient (Wildman–Crippen LogP) is 3.09. The van der Waals surface area contributed by atoms with Gasteiger partial charge in [-0.2, -0.15) is 0 Å². The number of halogens is 1. The lowest BCUT2D eigenvalue weighted by Crippen LogP contribution is -2.28. The molecular weight excluding hydrogens is 212 g/mol. The summed E-state index contributed by atoms with van der Waals surface area (Å²) in [6.45, 7) is 2.23. The van der Waals surface area contributed by atoms with Crippen LogP contribution in [0.2, 0.25) is 5.15 Å². The van der Waals surface area contributed by atoms with Gasteiger partial charge in [0.15, 0.2) is 5.15 Å². The van der Waals surface area contributed by atoms with Gasteiger partial charge in [0.1, 0.15) is 6.10 Å². The van der Waals surface area contributed by atoms with Crippen molar-refractivity contribution in [3.8, 4) is 5.88 Å². The van der Waals surface area contributed by atoms with Gasteiger partial charge in [-0.15, -0.1) is 10.2 Å². The third-order valence-corrected chi connectivity index (χ3v) is 3.11. The maximum absolute atomic E-state index is 5.79. The van der Waals surface area contributed by atoms with Crippen LogP contribution in [0.3, 0.4) is 0 Å². The average molecular weight is 227 g/mol. The molecule has 2 unspecified atom stereocenters. The van der Waals surface area contributed by atoms with Gasteiger partial charge in [-0.25, -0.2) is 0 Å². The summed E-state index contributed by atoms with van der Waals surface area (Å²) in [5.41, 5.74) is 0. The van der Waals surface area contributed by atoms with Gasteiger partial charge < -0.3 is 4.74 Å². The van der Waals surface area contributed by atoms with Crippen LogP contribution in [-0.2, 0) is 0 Å². The predicted molar refractivity (Wildman–Crippen MR) is 59.1 cm³/mol. The Hall–Kier alpha value is -0.830. The zero-order chi connectivity index (χ0) is 10.7. The van der Waals surface area contributed by atoms with E-state index in [4.69, 9.17) is 16.3 Å². The Bertz CT molecular complexity index is 315. The monoisotopic (exact) mass is 226 g/mol. The summed E-state index contributed by atoms with van der Waals surface area (Å²) in [4.78, 5) is 0. The van der Waals surface area contributed by atoms with E-state index in [9.17, 15) is 0 Å². The third-order valence-electron chi connectivity index (χ3n) is 2.91. The standard InChI is InChI=1S/C11H15ClN2O/c1-8-4-2-3-5-9(8)15-11-7-6-10(12)13-14-11/h6-9H,2-5H2,1H3. The van der Waals surface area contributed by atoms with Crippen LogP contribution in [0.5, 0.6) is 5.88 Å². The van der Waals surface area contributed by atoms with Crippen molar-refractivity contribution < 1.29 is 4.74 Å². The Morgan fingerprint density at radius 1 is 1.27 bits per heavy atom. The molecule has 1 fully saturated rings. The molecule has 0 N–H and O–H groups in total. The van der Waals surface area contributed by atoms with E-state index < -0.39 is 0 Å². The van der Waals surface area contributed by atoms with Crippen LogP contribution in [0.1, 0.15) is 32.6 Å². The fourth-order valence-electron chi connectivity index (χ4n) is 1.98. The highest BCUT2D eigenvalue weighted by molar-refractivity contribution is 6.29. The molecule has 1 aromatic rings. The molecule has 1 saturated carbocycles. The Balaban J connectivity index is 1.98. The minimum atomic E-state index is 0.286. The highest BCUT2D eigenvalue weighted by atomic mass is 35.5. The topological polar surface area (TPSA) is 35.0 Å². The molecule has 1 heterocycles. The second-order valence-corrected chi connectivity index (χ2v) is 4.50. The van der Waals surface area contributed by atoms with E-state index in [1.165, 1.54) is 19.3 Å². The zero-order valence-corrected chi connectivity index (χ0v) is 9.57.